The zero-order valence-electron chi connectivity index (χ0n) is 9.23. The van der Waals surface area contributed by atoms with Crippen molar-refractivity contribution in [2.24, 2.45) is 5.92 Å². The lowest BCUT2D eigenvalue weighted by molar-refractivity contribution is -0.122. The number of pyridine rings is 1. The summed E-state index contributed by atoms with van der Waals surface area (Å²) < 4.78 is 0. The Balaban J connectivity index is 2.15. The smallest absolute Gasteiger partial charge is 0.139 e. The summed E-state index contributed by atoms with van der Waals surface area (Å²) in [6, 6.07) is 2.12. The minimum Gasteiger partial charge on any atom is -0.369 e. The second kappa shape index (κ2) is 4.01. The summed E-state index contributed by atoms with van der Waals surface area (Å²) in [5, 5.41) is 0. The van der Waals surface area contributed by atoms with Gasteiger partial charge in [0.25, 0.3) is 0 Å². The van der Waals surface area contributed by atoms with Crippen LogP contribution in [-0.2, 0) is 4.79 Å². The molecule has 0 aliphatic carbocycles. The lowest BCUT2D eigenvalue weighted by Gasteiger charge is -2.31. The Kier molecular flexibility index (Phi) is 2.71. The molecule has 0 aromatic carbocycles. The molecule has 1 unspecified atom stereocenters. The monoisotopic (exact) mass is 204 g/mol. The first kappa shape index (κ1) is 10.1. The molecule has 1 aromatic heterocycles. The van der Waals surface area contributed by atoms with E-state index in [0.29, 0.717) is 12.2 Å². The largest absolute Gasteiger partial charge is 0.369 e. The van der Waals surface area contributed by atoms with Crippen molar-refractivity contribution >= 4 is 11.5 Å². The van der Waals surface area contributed by atoms with E-state index in [1.165, 1.54) is 0 Å². The van der Waals surface area contributed by atoms with E-state index in [2.05, 4.69) is 16.0 Å². The molecule has 1 saturated heterocycles. The first-order valence-corrected chi connectivity index (χ1v) is 5.36. The van der Waals surface area contributed by atoms with E-state index in [1.807, 2.05) is 26.2 Å². The average Bonchev–Trinajstić information content (AvgIpc) is 2.22. The van der Waals surface area contributed by atoms with E-state index in [0.717, 1.165) is 24.3 Å². The fraction of sp³-hybridized carbons (Fsp3) is 0.500. The number of aryl methyl sites for hydroxylation is 1. The van der Waals surface area contributed by atoms with Gasteiger partial charge in [0.05, 0.1) is 11.9 Å². The number of aromatic nitrogens is 1. The highest BCUT2D eigenvalue weighted by Crippen LogP contribution is 2.20. The standard InChI is InChI=1S/C12H16N2O/c1-9-5-11(7-13-6-9)14-4-3-12(15)10(2)8-14/h5-7,10H,3-4,8H2,1-2H3. The highest BCUT2D eigenvalue weighted by atomic mass is 16.1. The molecule has 80 valence electrons. The average molecular weight is 204 g/mol. The Labute approximate surface area is 90.1 Å². The third-order valence-corrected chi connectivity index (χ3v) is 2.90. The molecular weight excluding hydrogens is 188 g/mol. The van der Waals surface area contributed by atoms with Crippen LogP contribution in [0.3, 0.4) is 0 Å². The minimum atomic E-state index is 0.152. The molecule has 0 spiro atoms. The Morgan fingerprint density at radius 2 is 2.27 bits per heavy atom. The van der Waals surface area contributed by atoms with Gasteiger partial charge in [0, 0.05) is 31.6 Å². The van der Waals surface area contributed by atoms with Gasteiger partial charge in [-0.2, -0.15) is 0 Å². The predicted octanol–water partition coefficient (Wildman–Crippen LogP) is 1.81. The molecular formula is C12H16N2O. The quantitative estimate of drug-likeness (QED) is 0.699. The second-order valence-electron chi connectivity index (χ2n) is 4.28. The number of anilines is 1. The molecule has 3 heteroatoms. The van der Waals surface area contributed by atoms with Crippen LogP contribution in [0.1, 0.15) is 18.9 Å². The molecule has 1 aromatic rings. The van der Waals surface area contributed by atoms with E-state index >= 15 is 0 Å². The maximum absolute atomic E-state index is 11.4. The molecule has 15 heavy (non-hydrogen) atoms. The molecule has 1 aliphatic heterocycles. The van der Waals surface area contributed by atoms with Crippen LogP contribution in [0.25, 0.3) is 0 Å². The number of carbonyl (C=O) groups excluding carboxylic acids is 1. The summed E-state index contributed by atoms with van der Waals surface area (Å²) >= 11 is 0. The highest BCUT2D eigenvalue weighted by Gasteiger charge is 2.23. The molecule has 1 aliphatic rings. The molecule has 0 N–H and O–H groups in total. The molecule has 2 heterocycles. The number of ketones is 1. The number of nitrogens with zero attached hydrogens (tertiary/aromatic N) is 2. The highest BCUT2D eigenvalue weighted by molar-refractivity contribution is 5.83. The number of hydrogen-bond donors (Lipinski definition) is 0. The molecule has 0 radical (unpaired) electrons. The van der Waals surface area contributed by atoms with Crippen LogP contribution in [0, 0.1) is 12.8 Å². The van der Waals surface area contributed by atoms with Gasteiger partial charge in [-0.05, 0) is 18.6 Å². The molecule has 2 rings (SSSR count). The number of hydrogen-bond acceptors (Lipinski definition) is 3. The summed E-state index contributed by atoms with van der Waals surface area (Å²) in [6.45, 7) is 5.69. The topological polar surface area (TPSA) is 33.2 Å². The Morgan fingerprint density at radius 3 is 2.93 bits per heavy atom. The van der Waals surface area contributed by atoms with Gasteiger partial charge in [0.1, 0.15) is 5.78 Å². The summed E-state index contributed by atoms with van der Waals surface area (Å²) in [4.78, 5) is 17.8. The van der Waals surface area contributed by atoms with Crippen LogP contribution in [-0.4, -0.2) is 23.9 Å². The van der Waals surface area contributed by atoms with Gasteiger partial charge < -0.3 is 4.90 Å². The van der Waals surface area contributed by atoms with Crippen molar-refractivity contribution in [3.05, 3.63) is 24.0 Å². The second-order valence-corrected chi connectivity index (χ2v) is 4.28. The summed E-state index contributed by atoms with van der Waals surface area (Å²) in [5.41, 5.74) is 2.30. The van der Waals surface area contributed by atoms with Gasteiger partial charge in [-0.25, -0.2) is 0 Å². The molecule has 1 atom stereocenters. The van der Waals surface area contributed by atoms with E-state index < -0.39 is 0 Å². The van der Waals surface area contributed by atoms with Crippen molar-refractivity contribution < 1.29 is 4.79 Å². The first-order valence-electron chi connectivity index (χ1n) is 5.36. The number of rotatable bonds is 1. The lowest BCUT2D eigenvalue weighted by Crippen LogP contribution is -2.39. The summed E-state index contributed by atoms with van der Waals surface area (Å²) in [7, 11) is 0. The lowest BCUT2D eigenvalue weighted by atomic mass is 9.98. The minimum absolute atomic E-state index is 0.152. The van der Waals surface area contributed by atoms with Gasteiger partial charge in [0.2, 0.25) is 0 Å². The Morgan fingerprint density at radius 1 is 1.47 bits per heavy atom. The molecule has 0 bridgehead atoms. The molecule has 1 fully saturated rings. The predicted molar refractivity (Wildman–Crippen MR) is 60.0 cm³/mol. The van der Waals surface area contributed by atoms with E-state index in [-0.39, 0.29) is 5.92 Å². The van der Waals surface area contributed by atoms with Gasteiger partial charge in [0.15, 0.2) is 0 Å². The van der Waals surface area contributed by atoms with Crippen LogP contribution in [0.2, 0.25) is 0 Å². The first-order chi connectivity index (χ1) is 7.16. The van der Waals surface area contributed by atoms with Crippen LogP contribution in [0.4, 0.5) is 5.69 Å². The van der Waals surface area contributed by atoms with E-state index in [4.69, 9.17) is 0 Å². The van der Waals surface area contributed by atoms with Crippen molar-refractivity contribution in [3.8, 4) is 0 Å². The van der Waals surface area contributed by atoms with Crippen LogP contribution >= 0.6 is 0 Å². The van der Waals surface area contributed by atoms with Gasteiger partial charge in [-0.1, -0.05) is 6.92 Å². The third-order valence-electron chi connectivity index (χ3n) is 2.90. The van der Waals surface area contributed by atoms with Crippen molar-refractivity contribution in [3.63, 3.8) is 0 Å². The zero-order valence-corrected chi connectivity index (χ0v) is 9.23. The fourth-order valence-electron chi connectivity index (χ4n) is 1.96. The van der Waals surface area contributed by atoms with Crippen molar-refractivity contribution in [1.29, 1.82) is 0 Å². The fourth-order valence-corrected chi connectivity index (χ4v) is 1.96. The van der Waals surface area contributed by atoms with Gasteiger partial charge >= 0.3 is 0 Å². The van der Waals surface area contributed by atoms with Crippen LogP contribution in [0.5, 0.6) is 0 Å². The Hall–Kier alpha value is -1.38. The number of Topliss-reactive ketones (excluding diaryl/α,β-unsaturated/α-hetero) is 1. The molecule has 0 amide bonds. The summed E-state index contributed by atoms with van der Waals surface area (Å²) in [5.74, 6) is 0.533. The van der Waals surface area contributed by atoms with E-state index in [1.54, 1.807) is 0 Å². The molecule has 0 saturated carbocycles. The molecule has 3 nitrogen and oxygen atoms in total. The van der Waals surface area contributed by atoms with Gasteiger partial charge in [-0.15, -0.1) is 0 Å². The van der Waals surface area contributed by atoms with Crippen molar-refractivity contribution in [2.75, 3.05) is 18.0 Å². The Bertz CT molecular complexity index is 376. The van der Waals surface area contributed by atoms with Gasteiger partial charge in [-0.3, -0.25) is 9.78 Å². The zero-order chi connectivity index (χ0) is 10.8. The van der Waals surface area contributed by atoms with Crippen LogP contribution in [0.15, 0.2) is 18.5 Å². The number of carbonyl (C=O) groups is 1. The summed E-state index contributed by atoms with van der Waals surface area (Å²) in [6.07, 6.45) is 4.38. The van der Waals surface area contributed by atoms with Crippen molar-refractivity contribution in [2.45, 2.75) is 20.3 Å². The maximum atomic E-state index is 11.4. The van der Waals surface area contributed by atoms with E-state index in [9.17, 15) is 4.79 Å². The van der Waals surface area contributed by atoms with Crippen molar-refractivity contribution in [1.82, 2.24) is 4.98 Å². The number of piperidine rings is 1. The SMILES string of the molecule is Cc1cncc(N2CCC(=O)C(C)C2)c1. The maximum Gasteiger partial charge on any atom is 0.139 e. The van der Waals surface area contributed by atoms with Crippen LogP contribution < -0.4 is 4.90 Å². The third kappa shape index (κ3) is 2.17. The normalized spacial score (nSPS) is 21.9.